The summed E-state index contributed by atoms with van der Waals surface area (Å²) < 4.78 is 0. The van der Waals surface area contributed by atoms with Gasteiger partial charge in [0.05, 0.1) is 0 Å². The van der Waals surface area contributed by atoms with Gasteiger partial charge in [0.2, 0.25) is 0 Å². The normalized spacial score (nSPS) is 15.3. The molecule has 0 aromatic rings. The molecule has 0 aliphatic heterocycles. The van der Waals surface area contributed by atoms with Crippen LogP contribution in [0.2, 0.25) is 0 Å². The first-order valence-corrected chi connectivity index (χ1v) is 5.23. The van der Waals surface area contributed by atoms with Crippen molar-refractivity contribution in [3.63, 3.8) is 0 Å². The van der Waals surface area contributed by atoms with Crippen LogP contribution in [0.15, 0.2) is 5.16 Å². The fourth-order valence-electron chi connectivity index (χ4n) is 1.08. The highest BCUT2D eigenvalue weighted by molar-refractivity contribution is 5.85. The molecule has 0 rings (SSSR count). The van der Waals surface area contributed by atoms with Crippen LogP contribution in [0.3, 0.4) is 0 Å². The minimum absolute atomic E-state index is 0.191. The average Bonchev–Trinajstić information content (AvgIpc) is 2.22. The number of nitrogens with zero attached hydrogens (tertiary/aromatic N) is 1. The van der Waals surface area contributed by atoms with Gasteiger partial charge in [0.25, 0.3) is 0 Å². The zero-order valence-electron chi connectivity index (χ0n) is 9.82. The largest absolute Gasteiger partial charge is 0.409 e. The molecule has 1 unspecified atom stereocenters. The second-order valence-electron chi connectivity index (χ2n) is 4.61. The molecule has 0 spiro atoms. The van der Waals surface area contributed by atoms with Crippen molar-refractivity contribution in [2.45, 2.75) is 27.2 Å². The number of rotatable bonds is 7. The number of aliphatic hydroxyl groups excluding tert-OH is 1. The van der Waals surface area contributed by atoms with Crippen LogP contribution in [0.25, 0.3) is 0 Å². The summed E-state index contributed by atoms with van der Waals surface area (Å²) in [5, 5.41) is 23.6. The molecule has 0 heterocycles. The molecule has 5 N–H and O–H groups in total. The van der Waals surface area contributed by atoms with E-state index in [1.807, 2.05) is 20.8 Å². The van der Waals surface area contributed by atoms with Gasteiger partial charge in [0.15, 0.2) is 0 Å². The van der Waals surface area contributed by atoms with Gasteiger partial charge in [-0.05, 0) is 25.4 Å². The Hall–Kier alpha value is -0.810. The molecule has 5 heteroatoms. The number of oxime groups is 1. The van der Waals surface area contributed by atoms with E-state index in [1.54, 1.807) is 0 Å². The van der Waals surface area contributed by atoms with Gasteiger partial charge in [0, 0.05) is 12.0 Å². The van der Waals surface area contributed by atoms with Gasteiger partial charge in [0.1, 0.15) is 5.84 Å². The van der Waals surface area contributed by atoms with Crippen LogP contribution in [0.5, 0.6) is 0 Å². The first-order valence-electron chi connectivity index (χ1n) is 5.23. The second kappa shape index (κ2) is 6.63. The Bertz CT molecular complexity index is 205. The van der Waals surface area contributed by atoms with Crippen molar-refractivity contribution in [2.24, 2.45) is 22.2 Å². The Balaban J connectivity index is 3.76. The summed E-state index contributed by atoms with van der Waals surface area (Å²) in [6.07, 6.45) is 0.793. The molecule has 15 heavy (non-hydrogen) atoms. The van der Waals surface area contributed by atoms with Crippen LogP contribution in [-0.2, 0) is 0 Å². The first kappa shape index (κ1) is 14.2. The van der Waals surface area contributed by atoms with E-state index >= 15 is 0 Å². The van der Waals surface area contributed by atoms with E-state index < -0.39 is 0 Å². The Morgan fingerprint density at radius 2 is 2.13 bits per heavy atom. The predicted molar refractivity (Wildman–Crippen MR) is 60.9 cm³/mol. The number of aliphatic hydroxyl groups is 1. The third-order valence-corrected chi connectivity index (χ3v) is 2.53. The summed E-state index contributed by atoms with van der Waals surface area (Å²) in [4.78, 5) is 0. The van der Waals surface area contributed by atoms with Crippen molar-refractivity contribution in [3.8, 4) is 0 Å². The van der Waals surface area contributed by atoms with Crippen molar-refractivity contribution in [1.82, 2.24) is 5.32 Å². The van der Waals surface area contributed by atoms with E-state index in [-0.39, 0.29) is 23.8 Å². The lowest BCUT2D eigenvalue weighted by Gasteiger charge is -2.23. The monoisotopic (exact) mass is 217 g/mol. The van der Waals surface area contributed by atoms with Crippen molar-refractivity contribution in [2.75, 3.05) is 19.7 Å². The predicted octanol–water partition coefficient (Wildman–Crippen LogP) is 0.367. The van der Waals surface area contributed by atoms with E-state index in [9.17, 15) is 0 Å². The van der Waals surface area contributed by atoms with Crippen LogP contribution < -0.4 is 11.1 Å². The standard InChI is InChI=1S/C10H23N3O2/c1-8(7-14)6-12-5-4-10(2,3)9(11)13-15/h8,12,14-15H,4-7H2,1-3H3,(H2,11,13). The molecule has 0 bridgehead atoms. The molecular weight excluding hydrogens is 194 g/mol. The molecule has 0 aliphatic rings. The van der Waals surface area contributed by atoms with Crippen LogP contribution >= 0.6 is 0 Å². The third kappa shape index (κ3) is 5.59. The molecule has 0 saturated carbocycles. The van der Waals surface area contributed by atoms with Crippen molar-refractivity contribution < 1.29 is 10.3 Å². The number of hydrogen-bond donors (Lipinski definition) is 4. The quantitative estimate of drug-likeness (QED) is 0.163. The van der Waals surface area contributed by atoms with Crippen LogP contribution in [-0.4, -0.2) is 35.8 Å². The van der Waals surface area contributed by atoms with Gasteiger partial charge < -0.3 is 21.4 Å². The molecule has 0 fully saturated rings. The van der Waals surface area contributed by atoms with Gasteiger partial charge in [-0.25, -0.2) is 0 Å². The number of nitrogens with two attached hydrogens (primary N) is 1. The smallest absolute Gasteiger partial charge is 0.144 e. The topological polar surface area (TPSA) is 90.9 Å². The SMILES string of the molecule is CC(CO)CNCCC(C)(C)C(N)=NO. The molecule has 90 valence electrons. The zero-order chi connectivity index (χ0) is 11.9. The molecule has 0 radical (unpaired) electrons. The molecule has 0 aromatic heterocycles. The Morgan fingerprint density at radius 1 is 1.53 bits per heavy atom. The molecule has 0 amide bonds. The number of amidine groups is 1. The zero-order valence-corrected chi connectivity index (χ0v) is 9.82. The van der Waals surface area contributed by atoms with Gasteiger partial charge in [-0.3, -0.25) is 0 Å². The van der Waals surface area contributed by atoms with Gasteiger partial charge >= 0.3 is 0 Å². The van der Waals surface area contributed by atoms with E-state index in [0.29, 0.717) is 0 Å². The Morgan fingerprint density at radius 3 is 2.60 bits per heavy atom. The number of hydrogen-bond acceptors (Lipinski definition) is 4. The van der Waals surface area contributed by atoms with E-state index in [1.165, 1.54) is 0 Å². The van der Waals surface area contributed by atoms with Crippen LogP contribution in [0, 0.1) is 11.3 Å². The van der Waals surface area contributed by atoms with E-state index in [2.05, 4.69) is 10.5 Å². The second-order valence-corrected chi connectivity index (χ2v) is 4.61. The average molecular weight is 217 g/mol. The van der Waals surface area contributed by atoms with Gasteiger partial charge in [-0.2, -0.15) is 0 Å². The lowest BCUT2D eigenvalue weighted by atomic mass is 9.88. The lowest BCUT2D eigenvalue weighted by molar-refractivity contribution is 0.232. The summed E-state index contributed by atoms with van der Waals surface area (Å²) >= 11 is 0. The maximum atomic E-state index is 8.81. The van der Waals surface area contributed by atoms with Crippen LogP contribution in [0.1, 0.15) is 27.2 Å². The molecule has 5 nitrogen and oxygen atoms in total. The maximum Gasteiger partial charge on any atom is 0.144 e. The summed E-state index contributed by atoms with van der Waals surface area (Å²) in [6, 6.07) is 0. The van der Waals surface area contributed by atoms with Crippen molar-refractivity contribution >= 4 is 5.84 Å². The van der Waals surface area contributed by atoms with Crippen LogP contribution in [0.4, 0.5) is 0 Å². The minimum atomic E-state index is -0.301. The maximum absolute atomic E-state index is 8.81. The Labute approximate surface area is 91.4 Å². The van der Waals surface area contributed by atoms with Gasteiger partial charge in [-0.15, -0.1) is 0 Å². The summed E-state index contributed by atoms with van der Waals surface area (Å²) in [5.74, 6) is 0.511. The molecule has 0 aliphatic carbocycles. The lowest BCUT2D eigenvalue weighted by Crippen LogP contribution is -2.35. The summed E-state index contributed by atoms with van der Waals surface area (Å²) in [5.41, 5.74) is 5.25. The van der Waals surface area contributed by atoms with E-state index in [0.717, 1.165) is 19.5 Å². The molecular formula is C10H23N3O2. The molecule has 0 aromatic carbocycles. The fraction of sp³-hybridized carbons (Fsp3) is 0.900. The van der Waals surface area contributed by atoms with Gasteiger partial charge in [-0.1, -0.05) is 25.9 Å². The third-order valence-electron chi connectivity index (χ3n) is 2.53. The summed E-state index contributed by atoms with van der Waals surface area (Å²) in [7, 11) is 0. The highest BCUT2D eigenvalue weighted by atomic mass is 16.4. The molecule has 0 saturated heterocycles. The molecule has 1 atom stereocenters. The van der Waals surface area contributed by atoms with Crippen molar-refractivity contribution in [3.05, 3.63) is 0 Å². The van der Waals surface area contributed by atoms with Crippen molar-refractivity contribution in [1.29, 1.82) is 0 Å². The van der Waals surface area contributed by atoms with E-state index in [4.69, 9.17) is 16.0 Å². The fourth-order valence-corrected chi connectivity index (χ4v) is 1.08. The number of nitrogens with one attached hydrogen (secondary N) is 1. The first-order chi connectivity index (χ1) is 6.94. The minimum Gasteiger partial charge on any atom is -0.409 e. The highest BCUT2D eigenvalue weighted by Gasteiger charge is 2.22. The highest BCUT2D eigenvalue weighted by Crippen LogP contribution is 2.19. The summed E-state index contributed by atoms with van der Waals surface area (Å²) in [6.45, 7) is 7.59. The Kier molecular flexibility index (Phi) is 6.27.